The Bertz CT molecular complexity index is 1010. The van der Waals surface area contributed by atoms with Gasteiger partial charge < -0.3 is 14.3 Å². The minimum Gasteiger partial charge on any atom is -0.440 e. The van der Waals surface area contributed by atoms with Crippen LogP contribution in [-0.2, 0) is 14.4 Å². The van der Waals surface area contributed by atoms with Crippen molar-refractivity contribution in [2.24, 2.45) is 28.3 Å². The lowest BCUT2D eigenvalue weighted by Gasteiger charge is -2.12. The maximum absolute atomic E-state index is 13.1. The van der Waals surface area contributed by atoms with Crippen LogP contribution in [0.4, 0.5) is 4.39 Å². The van der Waals surface area contributed by atoms with Crippen LogP contribution in [0, 0.1) is 40.3 Å². The van der Waals surface area contributed by atoms with Crippen LogP contribution < -0.4 is 4.74 Å². The highest BCUT2D eigenvalue weighted by Gasteiger charge is 2.62. The molecule has 0 saturated heterocycles. The fourth-order valence-corrected chi connectivity index (χ4v) is 3.31. The van der Waals surface area contributed by atoms with Gasteiger partial charge in [0.15, 0.2) is 0 Å². The normalized spacial score (nSPS) is 19.9. The third-order valence-electron chi connectivity index (χ3n) is 5.27. The smallest absolute Gasteiger partial charge is 0.311 e. The monoisotopic (exact) mass is 439 g/mol. The van der Waals surface area contributed by atoms with Gasteiger partial charge in [-0.2, -0.15) is 5.26 Å². The van der Waals surface area contributed by atoms with Gasteiger partial charge in [0.1, 0.15) is 24.2 Å². The number of oxime groups is 1. The first-order valence-corrected chi connectivity index (χ1v) is 10.4. The number of halogens is 1. The van der Waals surface area contributed by atoms with Crippen LogP contribution in [0.3, 0.4) is 0 Å². The number of benzene rings is 1. The third kappa shape index (κ3) is 5.61. The molecule has 1 fully saturated rings. The van der Waals surface area contributed by atoms with Crippen molar-refractivity contribution in [2.45, 2.75) is 33.8 Å². The van der Waals surface area contributed by atoms with Gasteiger partial charge in [-0.3, -0.25) is 4.79 Å². The first-order chi connectivity index (χ1) is 15.2. The Morgan fingerprint density at radius 3 is 2.66 bits per heavy atom. The number of ether oxygens (including phenoxy) is 2. The SMILES string of the molecule is CC(C)CON=CC1C(C(=O)OC(C#N)c2cccc(Oc3ccc(F)cc3)n2)C1(C)C. The highest BCUT2D eigenvalue weighted by atomic mass is 19.1. The van der Waals surface area contributed by atoms with Crippen LogP contribution >= 0.6 is 0 Å². The fourth-order valence-electron chi connectivity index (χ4n) is 3.31. The van der Waals surface area contributed by atoms with Gasteiger partial charge in [0.05, 0.1) is 11.6 Å². The minimum absolute atomic E-state index is 0.136. The second-order valence-electron chi connectivity index (χ2n) is 8.67. The Balaban J connectivity index is 1.64. The maximum Gasteiger partial charge on any atom is 0.311 e. The highest BCUT2D eigenvalue weighted by molar-refractivity contribution is 5.85. The van der Waals surface area contributed by atoms with Crippen LogP contribution in [0.2, 0.25) is 0 Å². The van der Waals surface area contributed by atoms with Gasteiger partial charge in [-0.1, -0.05) is 38.9 Å². The van der Waals surface area contributed by atoms with E-state index in [0.29, 0.717) is 18.3 Å². The summed E-state index contributed by atoms with van der Waals surface area (Å²) in [5, 5.41) is 13.5. The van der Waals surface area contributed by atoms with Gasteiger partial charge in [0.2, 0.25) is 12.0 Å². The van der Waals surface area contributed by atoms with E-state index in [9.17, 15) is 14.4 Å². The predicted octanol–water partition coefficient (Wildman–Crippen LogP) is 5.05. The Morgan fingerprint density at radius 1 is 1.28 bits per heavy atom. The lowest BCUT2D eigenvalue weighted by Crippen LogP contribution is -2.15. The first-order valence-electron chi connectivity index (χ1n) is 10.4. The van der Waals surface area contributed by atoms with Gasteiger partial charge >= 0.3 is 5.97 Å². The topological polar surface area (TPSA) is 93.8 Å². The molecule has 1 aromatic heterocycles. The molecule has 1 saturated carbocycles. The van der Waals surface area contributed by atoms with E-state index in [1.807, 2.05) is 33.8 Å². The standard InChI is InChI=1S/C24H26FN3O4/c1-15(2)14-30-27-13-18-22(24(18,3)4)23(29)32-20(12-26)19-6-5-7-21(28-19)31-17-10-8-16(25)9-11-17/h5-11,13,15,18,20,22H,14H2,1-4H3. The molecule has 3 atom stereocenters. The van der Waals surface area contributed by atoms with E-state index in [1.54, 1.807) is 24.4 Å². The molecule has 0 aliphatic heterocycles. The van der Waals surface area contributed by atoms with Crippen molar-refractivity contribution < 1.29 is 23.5 Å². The summed E-state index contributed by atoms with van der Waals surface area (Å²) in [5.41, 5.74) is -0.104. The summed E-state index contributed by atoms with van der Waals surface area (Å²) < 4.78 is 24.1. The number of carbonyl (C=O) groups is 1. The summed E-state index contributed by atoms with van der Waals surface area (Å²) >= 11 is 0. The second kappa shape index (κ2) is 9.77. The fraction of sp³-hybridized carbons (Fsp3) is 0.417. The lowest BCUT2D eigenvalue weighted by atomic mass is 10.1. The van der Waals surface area contributed by atoms with Crippen molar-refractivity contribution >= 4 is 12.2 Å². The zero-order valence-corrected chi connectivity index (χ0v) is 18.5. The molecule has 3 rings (SSSR count). The molecule has 32 heavy (non-hydrogen) atoms. The van der Waals surface area contributed by atoms with Crippen LogP contribution in [-0.4, -0.2) is 23.8 Å². The van der Waals surface area contributed by atoms with Gasteiger partial charge in [-0.05, 0) is 41.7 Å². The van der Waals surface area contributed by atoms with E-state index >= 15 is 0 Å². The van der Waals surface area contributed by atoms with Crippen molar-refractivity contribution in [3.8, 4) is 17.7 Å². The molecule has 0 spiro atoms. The predicted molar refractivity (Wildman–Crippen MR) is 115 cm³/mol. The second-order valence-corrected chi connectivity index (χ2v) is 8.67. The molecule has 0 amide bonds. The molecule has 1 aliphatic rings. The molecule has 0 bridgehead atoms. The Hall–Kier alpha value is -3.47. The summed E-state index contributed by atoms with van der Waals surface area (Å²) in [6.07, 6.45) is 0.441. The molecule has 0 N–H and O–H groups in total. The molecule has 0 radical (unpaired) electrons. The number of carbonyl (C=O) groups excluding carboxylic acids is 1. The molecule has 8 heteroatoms. The van der Waals surface area contributed by atoms with Gasteiger partial charge in [-0.25, -0.2) is 9.37 Å². The lowest BCUT2D eigenvalue weighted by molar-refractivity contribution is -0.149. The number of nitriles is 1. The molecular weight excluding hydrogens is 413 g/mol. The molecule has 1 heterocycles. The molecule has 2 aromatic rings. The van der Waals surface area contributed by atoms with E-state index in [1.165, 1.54) is 24.3 Å². The van der Waals surface area contributed by atoms with E-state index in [4.69, 9.17) is 14.3 Å². The van der Waals surface area contributed by atoms with Crippen molar-refractivity contribution in [3.05, 3.63) is 54.0 Å². The first kappa shape index (κ1) is 23.2. The van der Waals surface area contributed by atoms with Crippen LogP contribution in [0.25, 0.3) is 0 Å². The largest absolute Gasteiger partial charge is 0.440 e. The van der Waals surface area contributed by atoms with Gasteiger partial charge in [0.25, 0.3) is 0 Å². The molecule has 1 aliphatic carbocycles. The van der Waals surface area contributed by atoms with Crippen molar-refractivity contribution in [3.63, 3.8) is 0 Å². The number of nitrogens with zero attached hydrogens (tertiary/aromatic N) is 3. The number of hydrogen-bond donors (Lipinski definition) is 0. The van der Waals surface area contributed by atoms with Crippen LogP contribution in [0.1, 0.15) is 39.5 Å². The third-order valence-corrected chi connectivity index (χ3v) is 5.27. The number of rotatable bonds is 9. The summed E-state index contributed by atoms with van der Waals surface area (Å²) in [4.78, 5) is 22.2. The Labute approximate surface area is 186 Å². The number of pyridine rings is 1. The van der Waals surface area contributed by atoms with Crippen LogP contribution in [0.15, 0.2) is 47.6 Å². The van der Waals surface area contributed by atoms with E-state index in [-0.39, 0.29) is 28.7 Å². The summed E-state index contributed by atoms with van der Waals surface area (Å²) in [6, 6.07) is 12.2. The summed E-state index contributed by atoms with van der Waals surface area (Å²) in [7, 11) is 0. The average molecular weight is 439 g/mol. The minimum atomic E-state index is -1.19. The van der Waals surface area contributed by atoms with E-state index < -0.39 is 18.0 Å². The maximum atomic E-state index is 13.1. The molecule has 3 unspecified atom stereocenters. The molecular formula is C24H26FN3O4. The number of aromatic nitrogens is 1. The van der Waals surface area contributed by atoms with Crippen molar-refractivity contribution in [1.29, 1.82) is 5.26 Å². The Kier molecular flexibility index (Phi) is 7.08. The van der Waals surface area contributed by atoms with E-state index in [0.717, 1.165) is 0 Å². The van der Waals surface area contributed by atoms with Gasteiger partial charge in [0, 0.05) is 18.2 Å². The van der Waals surface area contributed by atoms with Crippen molar-refractivity contribution in [2.75, 3.05) is 6.61 Å². The number of esters is 1. The molecule has 1 aromatic carbocycles. The Morgan fingerprint density at radius 2 is 2.00 bits per heavy atom. The van der Waals surface area contributed by atoms with Crippen molar-refractivity contribution in [1.82, 2.24) is 4.98 Å². The molecule has 7 nitrogen and oxygen atoms in total. The highest BCUT2D eigenvalue weighted by Crippen LogP contribution is 2.58. The number of hydrogen-bond acceptors (Lipinski definition) is 7. The summed E-state index contributed by atoms with van der Waals surface area (Å²) in [6.45, 7) is 8.42. The zero-order chi connectivity index (χ0) is 23.3. The summed E-state index contributed by atoms with van der Waals surface area (Å²) in [5.74, 6) is -0.493. The zero-order valence-electron chi connectivity index (χ0n) is 18.5. The average Bonchev–Trinajstić information content (AvgIpc) is 3.31. The quantitative estimate of drug-likeness (QED) is 0.308. The van der Waals surface area contributed by atoms with Gasteiger partial charge in [-0.15, -0.1) is 0 Å². The molecule has 168 valence electrons. The van der Waals surface area contributed by atoms with E-state index in [2.05, 4.69) is 10.1 Å². The van der Waals surface area contributed by atoms with Crippen LogP contribution in [0.5, 0.6) is 11.6 Å².